The van der Waals surface area contributed by atoms with Crippen molar-refractivity contribution in [3.8, 4) is 5.75 Å². The maximum atomic E-state index is 14.2. The molecule has 3 rings (SSSR count). The normalized spacial score (nSPS) is 22.5. The van der Waals surface area contributed by atoms with Gasteiger partial charge in [-0.25, -0.2) is 9.78 Å². The van der Waals surface area contributed by atoms with Gasteiger partial charge in [-0.2, -0.15) is 0 Å². The third kappa shape index (κ3) is 4.99. The number of methoxy groups -OCH3 is 1. The summed E-state index contributed by atoms with van der Waals surface area (Å²) in [4.78, 5) is 46.8. The van der Waals surface area contributed by atoms with Crippen molar-refractivity contribution in [1.29, 1.82) is 0 Å². The van der Waals surface area contributed by atoms with Crippen LogP contribution in [0.2, 0.25) is 0 Å². The van der Waals surface area contributed by atoms with E-state index in [1.807, 2.05) is 26.8 Å². The molecule has 0 unspecified atom stereocenters. The largest absolute Gasteiger partial charge is 0.496 e. The number of ketones is 1. The number of carbonyl (C=O) groups excluding carboxylic acids is 2. The molecule has 1 aliphatic heterocycles. The van der Waals surface area contributed by atoms with Gasteiger partial charge in [0.2, 0.25) is 0 Å². The number of hydrogen-bond acceptors (Lipinski definition) is 6. The molecule has 35 heavy (non-hydrogen) atoms. The number of likely N-dealkylation sites (tertiary alicyclic amines) is 1. The minimum Gasteiger partial charge on any atom is -0.496 e. The van der Waals surface area contributed by atoms with E-state index in [0.29, 0.717) is 16.3 Å². The van der Waals surface area contributed by atoms with Crippen LogP contribution in [-0.2, 0) is 15.0 Å². The van der Waals surface area contributed by atoms with E-state index in [1.165, 1.54) is 23.2 Å². The second-order valence-corrected chi connectivity index (χ2v) is 12.2. The summed E-state index contributed by atoms with van der Waals surface area (Å²) in [5.74, 6) is -1.78. The van der Waals surface area contributed by atoms with Crippen LogP contribution in [0.4, 0.5) is 0 Å². The molecule has 1 N–H and O–H groups in total. The van der Waals surface area contributed by atoms with Crippen LogP contribution >= 0.6 is 11.3 Å². The first-order chi connectivity index (χ1) is 16.2. The Labute approximate surface area is 211 Å². The number of benzene rings is 1. The maximum absolute atomic E-state index is 14.2. The first-order valence-electron chi connectivity index (χ1n) is 11.9. The standard InChI is InChI=1S/C27H36N2O5S/c1-15(2)12-27(25(32)33)13-19(17(4)30)22(23-28-14-16(3)35-23)29(27)24(31)18-9-10-20(26(5,6)7)21(11-18)34-8/h9-11,14-15,19,22H,12-13H2,1-8H3,(H,32,33)/t19-,22+,27-/m0/s1. The van der Waals surface area contributed by atoms with E-state index < -0.39 is 29.4 Å². The Morgan fingerprint density at radius 2 is 1.94 bits per heavy atom. The first-order valence-corrected chi connectivity index (χ1v) is 12.7. The van der Waals surface area contributed by atoms with Gasteiger partial charge in [0.05, 0.1) is 13.2 Å². The molecule has 8 heteroatoms. The molecule has 7 nitrogen and oxygen atoms in total. The van der Waals surface area contributed by atoms with Crippen LogP contribution in [0.1, 0.15) is 86.2 Å². The molecule has 0 radical (unpaired) electrons. The minimum atomic E-state index is -1.53. The van der Waals surface area contributed by atoms with Crippen LogP contribution in [0.5, 0.6) is 5.75 Å². The second-order valence-electron chi connectivity index (χ2n) is 11.0. The first kappa shape index (κ1) is 26.9. The van der Waals surface area contributed by atoms with Gasteiger partial charge in [0, 0.05) is 22.6 Å². The van der Waals surface area contributed by atoms with Crippen molar-refractivity contribution in [2.75, 3.05) is 7.11 Å². The summed E-state index contributed by atoms with van der Waals surface area (Å²) in [5, 5.41) is 11.1. The summed E-state index contributed by atoms with van der Waals surface area (Å²) in [6.07, 6.45) is 1.99. The summed E-state index contributed by atoms with van der Waals surface area (Å²) < 4.78 is 5.61. The molecule has 1 aromatic heterocycles. The number of carboxylic acid groups (broad SMARTS) is 1. The fourth-order valence-corrected chi connectivity index (χ4v) is 6.15. The van der Waals surface area contributed by atoms with E-state index >= 15 is 0 Å². The maximum Gasteiger partial charge on any atom is 0.329 e. The van der Waals surface area contributed by atoms with Gasteiger partial charge in [-0.05, 0) is 55.7 Å². The van der Waals surface area contributed by atoms with Crippen molar-refractivity contribution in [2.24, 2.45) is 11.8 Å². The van der Waals surface area contributed by atoms with Crippen LogP contribution in [0.3, 0.4) is 0 Å². The van der Waals surface area contributed by atoms with Crippen LogP contribution in [0.15, 0.2) is 24.4 Å². The average molecular weight is 501 g/mol. The molecule has 1 aromatic carbocycles. The number of Topliss-reactive ketones (excluding diaryl/α,β-unsaturated/α-hetero) is 1. The molecule has 1 amide bonds. The molecule has 190 valence electrons. The van der Waals surface area contributed by atoms with Crippen LogP contribution < -0.4 is 4.74 Å². The molecular formula is C27H36N2O5S. The lowest BCUT2D eigenvalue weighted by molar-refractivity contribution is -0.150. The summed E-state index contributed by atoms with van der Waals surface area (Å²) in [7, 11) is 1.56. The highest BCUT2D eigenvalue weighted by Crippen LogP contribution is 2.51. The zero-order chi connectivity index (χ0) is 26.3. The highest BCUT2D eigenvalue weighted by molar-refractivity contribution is 7.11. The Kier molecular flexibility index (Phi) is 7.46. The minimum absolute atomic E-state index is 0.0106. The lowest BCUT2D eigenvalue weighted by atomic mass is 9.82. The summed E-state index contributed by atoms with van der Waals surface area (Å²) >= 11 is 1.39. The Hall–Kier alpha value is -2.74. The second kappa shape index (κ2) is 9.72. The fraction of sp³-hybridized carbons (Fsp3) is 0.556. The van der Waals surface area contributed by atoms with Gasteiger partial charge in [-0.15, -0.1) is 11.3 Å². The molecule has 1 saturated heterocycles. The molecule has 1 aliphatic rings. The number of aliphatic carboxylic acids is 1. The van der Waals surface area contributed by atoms with Crippen molar-refractivity contribution < 1.29 is 24.2 Å². The Morgan fingerprint density at radius 3 is 2.40 bits per heavy atom. The molecule has 0 saturated carbocycles. The zero-order valence-electron chi connectivity index (χ0n) is 21.8. The number of thiazole rings is 1. The number of carbonyl (C=O) groups is 3. The number of carboxylic acids is 1. The van der Waals surface area contributed by atoms with E-state index in [9.17, 15) is 19.5 Å². The number of ether oxygens (including phenoxy) is 1. The quantitative estimate of drug-likeness (QED) is 0.545. The van der Waals surface area contributed by atoms with E-state index in [0.717, 1.165) is 10.4 Å². The molecule has 3 atom stereocenters. The predicted molar refractivity (Wildman–Crippen MR) is 136 cm³/mol. The summed E-state index contributed by atoms with van der Waals surface area (Å²) in [6.45, 7) is 13.4. The van der Waals surface area contributed by atoms with E-state index in [1.54, 1.807) is 25.4 Å². The SMILES string of the molecule is COc1cc(C(=O)N2[C@@H](c3ncc(C)s3)[C@H](C(C)=O)C[C@@]2(CC(C)C)C(=O)O)ccc1C(C)(C)C. The smallest absolute Gasteiger partial charge is 0.329 e. The zero-order valence-corrected chi connectivity index (χ0v) is 22.7. The summed E-state index contributed by atoms with van der Waals surface area (Å²) in [5.41, 5.74) is -0.462. The van der Waals surface area contributed by atoms with Gasteiger partial charge in [0.25, 0.3) is 5.91 Å². The monoisotopic (exact) mass is 500 g/mol. The van der Waals surface area contributed by atoms with Gasteiger partial charge >= 0.3 is 5.97 Å². The average Bonchev–Trinajstić information content (AvgIpc) is 3.33. The van der Waals surface area contributed by atoms with Gasteiger partial charge in [-0.3, -0.25) is 9.59 Å². The highest BCUT2D eigenvalue weighted by Gasteiger charge is 2.60. The van der Waals surface area contributed by atoms with Crippen molar-refractivity contribution in [3.05, 3.63) is 45.4 Å². The van der Waals surface area contributed by atoms with E-state index in [-0.39, 0.29) is 30.0 Å². The third-order valence-corrected chi connectivity index (χ3v) is 7.70. The molecule has 1 fully saturated rings. The van der Waals surface area contributed by atoms with Crippen molar-refractivity contribution >= 4 is 29.0 Å². The number of aromatic nitrogens is 1. The van der Waals surface area contributed by atoms with Crippen molar-refractivity contribution in [2.45, 2.75) is 78.3 Å². The van der Waals surface area contributed by atoms with Gasteiger partial charge < -0.3 is 14.7 Å². The number of hydrogen-bond donors (Lipinski definition) is 1. The molecule has 0 aliphatic carbocycles. The predicted octanol–water partition coefficient (Wildman–Crippen LogP) is 5.42. The number of rotatable bonds is 7. The highest BCUT2D eigenvalue weighted by atomic mass is 32.1. The fourth-order valence-electron chi connectivity index (χ4n) is 5.22. The van der Waals surface area contributed by atoms with Gasteiger partial charge in [0.15, 0.2) is 0 Å². The van der Waals surface area contributed by atoms with Gasteiger partial charge in [0.1, 0.15) is 22.1 Å². The lowest BCUT2D eigenvalue weighted by Crippen LogP contribution is -2.54. The Bertz CT molecular complexity index is 1130. The van der Waals surface area contributed by atoms with Gasteiger partial charge in [-0.1, -0.05) is 40.7 Å². The molecule has 2 heterocycles. The van der Waals surface area contributed by atoms with Crippen LogP contribution in [0.25, 0.3) is 0 Å². The van der Waals surface area contributed by atoms with E-state index in [4.69, 9.17) is 4.74 Å². The Morgan fingerprint density at radius 1 is 1.29 bits per heavy atom. The summed E-state index contributed by atoms with van der Waals surface area (Å²) in [6, 6.07) is 4.51. The van der Waals surface area contributed by atoms with Crippen LogP contribution in [0, 0.1) is 18.8 Å². The molecular weight excluding hydrogens is 464 g/mol. The van der Waals surface area contributed by atoms with E-state index in [2.05, 4.69) is 25.8 Å². The third-order valence-electron chi connectivity index (χ3n) is 6.71. The molecule has 0 bridgehead atoms. The van der Waals surface area contributed by atoms with Crippen LogP contribution in [-0.4, -0.2) is 45.3 Å². The lowest BCUT2D eigenvalue weighted by Gasteiger charge is -2.39. The number of amides is 1. The Balaban J connectivity index is 2.25. The van der Waals surface area contributed by atoms with Crippen molar-refractivity contribution in [3.63, 3.8) is 0 Å². The number of nitrogens with zero attached hydrogens (tertiary/aromatic N) is 2. The molecule has 2 aromatic rings. The van der Waals surface area contributed by atoms with Crippen molar-refractivity contribution in [1.82, 2.24) is 9.88 Å². The number of aryl methyl sites for hydroxylation is 1. The topological polar surface area (TPSA) is 96.8 Å². The molecule has 0 spiro atoms.